The minimum atomic E-state index is -1.07. The van der Waals surface area contributed by atoms with Crippen molar-refractivity contribution in [3.05, 3.63) is 76.1 Å². The zero-order valence-electron chi connectivity index (χ0n) is 16.6. The fourth-order valence-corrected chi connectivity index (χ4v) is 2.97. The molecule has 0 radical (unpaired) electrons. The summed E-state index contributed by atoms with van der Waals surface area (Å²) in [5, 5.41) is 3.19. The van der Waals surface area contributed by atoms with Gasteiger partial charge < -0.3 is 14.5 Å². The fourth-order valence-electron chi connectivity index (χ4n) is 2.97. The molecule has 0 saturated heterocycles. The number of nitrogens with one attached hydrogen (secondary N) is 1. The predicted molar refractivity (Wildman–Crippen MR) is 111 cm³/mol. The highest BCUT2D eigenvalue weighted by Gasteiger charge is 2.22. The maximum absolute atomic E-state index is 12.5. The molecule has 1 amide bonds. The van der Waals surface area contributed by atoms with E-state index in [1.165, 1.54) is 6.92 Å². The fraction of sp³-hybridized carbons (Fsp3) is 0.261. The highest BCUT2D eigenvalue weighted by molar-refractivity contribution is 5.97. The molecule has 2 aromatic carbocycles. The van der Waals surface area contributed by atoms with Gasteiger partial charge in [-0.25, -0.2) is 4.79 Å². The first kappa shape index (κ1) is 20.3. The highest BCUT2D eigenvalue weighted by Crippen LogP contribution is 2.26. The smallest absolute Gasteiger partial charge is 0.375 e. The summed E-state index contributed by atoms with van der Waals surface area (Å²) in [6, 6.07) is 15.2. The Morgan fingerprint density at radius 2 is 1.76 bits per heavy atom. The van der Waals surface area contributed by atoms with E-state index in [4.69, 9.17) is 9.15 Å². The van der Waals surface area contributed by atoms with Crippen molar-refractivity contribution in [1.29, 1.82) is 0 Å². The summed E-state index contributed by atoms with van der Waals surface area (Å²) in [4.78, 5) is 37.1. The second-order valence-corrected chi connectivity index (χ2v) is 6.90. The van der Waals surface area contributed by atoms with Gasteiger partial charge in [0.15, 0.2) is 11.5 Å². The molecule has 2 atom stereocenters. The van der Waals surface area contributed by atoms with E-state index < -0.39 is 18.0 Å². The molecule has 0 saturated carbocycles. The lowest BCUT2D eigenvalue weighted by Crippen LogP contribution is -2.30. The molecule has 0 unspecified atom stereocenters. The standard InChI is InChI=1S/C23H23NO5/c1-4-14(2)16-9-5-7-11-18(16)24-22(26)15(3)28-23(27)21-13-19(25)17-10-6-8-12-20(17)29-21/h5-15H,4H2,1-3H3,(H,24,26)/t14-,15+/m0/s1. The number of hydrogen-bond acceptors (Lipinski definition) is 5. The minimum Gasteiger partial charge on any atom is -0.449 e. The van der Waals surface area contributed by atoms with Crippen LogP contribution in [0.15, 0.2) is 63.8 Å². The molecule has 1 N–H and O–H groups in total. The van der Waals surface area contributed by atoms with Crippen molar-refractivity contribution in [1.82, 2.24) is 0 Å². The van der Waals surface area contributed by atoms with Crippen molar-refractivity contribution in [2.45, 2.75) is 39.2 Å². The second-order valence-electron chi connectivity index (χ2n) is 6.90. The second kappa shape index (κ2) is 8.73. The third-order valence-electron chi connectivity index (χ3n) is 4.85. The lowest BCUT2D eigenvalue weighted by Gasteiger charge is -2.18. The lowest BCUT2D eigenvalue weighted by atomic mass is 9.97. The largest absolute Gasteiger partial charge is 0.449 e. The van der Waals surface area contributed by atoms with Crippen LogP contribution in [0.25, 0.3) is 11.0 Å². The van der Waals surface area contributed by atoms with Gasteiger partial charge in [-0.1, -0.05) is 44.2 Å². The minimum absolute atomic E-state index is 0.242. The number of para-hydroxylation sites is 2. The molecule has 150 valence electrons. The van der Waals surface area contributed by atoms with Crippen molar-refractivity contribution in [3.8, 4) is 0 Å². The normalized spacial score (nSPS) is 12.9. The number of carbonyl (C=O) groups excluding carboxylic acids is 2. The third kappa shape index (κ3) is 4.54. The monoisotopic (exact) mass is 393 g/mol. The van der Waals surface area contributed by atoms with Crippen LogP contribution in [-0.4, -0.2) is 18.0 Å². The molecule has 3 aromatic rings. The van der Waals surface area contributed by atoms with Crippen molar-refractivity contribution < 1.29 is 18.7 Å². The SMILES string of the molecule is CC[C@H](C)c1ccccc1NC(=O)[C@@H](C)OC(=O)c1cc(=O)c2ccccc2o1. The van der Waals surface area contributed by atoms with E-state index in [0.717, 1.165) is 18.1 Å². The summed E-state index contributed by atoms with van der Waals surface area (Å²) in [5.41, 5.74) is 1.64. The number of ether oxygens (including phenoxy) is 1. The number of rotatable bonds is 6. The number of anilines is 1. The summed E-state index contributed by atoms with van der Waals surface area (Å²) in [7, 11) is 0. The Morgan fingerprint density at radius 3 is 2.52 bits per heavy atom. The highest BCUT2D eigenvalue weighted by atomic mass is 16.6. The molecule has 0 aliphatic rings. The summed E-state index contributed by atoms with van der Waals surface area (Å²) >= 11 is 0. The van der Waals surface area contributed by atoms with Crippen LogP contribution in [0.1, 0.15) is 49.2 Å². The molecule has 6 heteroatoms. The Balaban J connectivity index is 1.73. The van der Waals surface area contributed by atoms with Crippen LogP contribution in [0.5, 0.6) is 0 Å². The number of amides is 1. The van der Waals surface area contributed by atoms with Crippen molar-refractivity contribution in [2.24, 2.45) is 0 Å². The van der Waals surface area contributed by atoms with Crippen LogP contribution in [0.2, 0.25) is 0 Å². The van der Waals surface area contributed by atoms with Crippen LogP contribution in [0, 0.1) is 0 Å². The van der Waals surface area contributed by atoms with Crippen LogP contribution in [0.3, 0.4) is 0 Å². The van der Waals surface area contributed by atoms with Gasteiger partial charge in [-0.15, -0.1) is 0 Å². The van der Waals surface area contributed by atoms with Gasteiger partial charge >= 0.3 is 5.97 Å². The first-order chi connectivity index (χ1) is 13.9. The molecule has 0 bridgehead atoms. The predicted octanol–water partition coefficient (Wildman–Crippen LogP) is 4.49. The zero-order chi connectivity index (χ0) is 21.0. The average molecular weight is 393 g/mol. The van der Waals surface area contributed by atoms with Gasteiger partial charge in [-0.05, 0) is 43.0 Å². The first-order valence-electron chi connectivity index (χ1n) is 9.54. The summed E-state index contributed by atoms with van der Waals surface area (Å²) in [6.45, 7) is 5.62. The van der Waals surface area contributed by atoms with Gasteiger partial charge in [-0.2, -0.15) is 0 Å². The summed E-state index contributed by atoms with van der Waals surface area (Å²) in [6.07, 6.45) is -0.137. The molecule has 1 aromatic heterocycles. The molecular formula is C23H23NO5. The Morgan fingerprint density at radius 1 is 1.07 bits per heavy atom. The molecule has 1 heterocycles. The zero-order valence-corrected chi connectivity index (χ0v) is 16.6. The molecule has 3 rings (SSSR count). The van der Waals surface area contributed by atoms with Crippen LogP contribution in [-0.2, 0) is 9.53 Å². The molecule has 0 aliphatic heterocycles. The van der Waals surface area contributed by atoms with Gasteiger partial charge in [0.05, 0.1) is 5.39 Å². The van der Waals surface area contributed by atoms with Crippen molar-refractivity contribution in [3.63, 3.8) is 0 Å². The first-order valence-corrected chi connectivity index (χ1v) is 9.54. The number of esters is 1. The number of fused-ring (bicyclic) bond motifs is 1. The van der Waals surface area contributed by atoms with Crippen molar-refractivity contribution in [2.75, 3.05) is 5.32 Å². The molecule has 0 fully saturated rings. The quantitative estimate of drug-likeness (QED) is 0.624. The average Bonchev–Trinajstić information content (AvgIpc) is 2.73. The summed E-state index contributed by atoms with van der Waals surface area (Å²) < 4.78 is 10.7. The van der Waals surface area contributed by atoms with E-state index in [0.29, 0.717) is 11.1 Å². The molecule has 0 aliphatic carbocycles. The Labute approximate surface area is 168 Å². The molecule has 0 spiro atoms. The number of hydrogen-bond donors (Lipinski definition) is 1. The van der Waals surface area contributed by atoms with E-state index >= 15 is 0 Å². The third-order valence-corrected chi connectivity index (χ3v) is 4.85. The maximum atomic E-state index is 12.5. The van der Waals surface area contributed by atoms with E-state index in [1.807, 2.05) is 24.3 Å². The topological polar surface area (TPSA) is 85.6 Å². The van der Waals surface area contributed by atoms with Gasteiger partial charge in [0.1, 0.15) is 5.58 Å². The molecular weight excluding hydrogens is 370 g/mol. The lowest BCUT2D eigenvalue weighted by molar-refractivity contribution is -0.123. The van der Waals surface area contributed by atoms with Gasteiger partial charge in [0.2, 0.25) is 5.76 Å². The van der Waals surface area contributed by atoms with E-state index in [2.05, 4.69) is 19.2 Å². The number of carbonyl (C=O) groups is 2. The van der Waals surface area contributed by atoms with Crippen LogP contribution in [0.4, 0.5) is 5.69 Å². The van der Waals surface area contributed by atoms with E-state index in [1.54, 1.807) is 24.3 Å². The van der Waals surface area contributed by atoms with Crippen LogP contribution >= 0.6 is 0 Å². The summed E-state index contributed by atoms with van der Waals surface area (Å²) in [5.74, 6) is -1.30. The Bertz CT molecular complexity index is 1100. The van der Waals surface area contributed by atoms with Gasteiger partial charge in [0.25, 0.3) is 5.91 Å². The Hall–Kier alpha value is -3.41. The van der Waals surface area contributed by atoms with E-state index in [-0.39, 0.29) is 22.7 Å². The van der Waals surface area contributed by atoms with Gasteiger partial charge in [-0.3, -0.25) is 9.59 Å². The maximum Gasteiger partial charge on any atom is 0.375 e. The van der Waals surface area contributed by atoms with Crippen molar-refractivity contribution >= 4 is 28.5 Å². The number of benzene rings is 2. The Kier molecular flexibility index (Phi) is 6.12. The molecule has 29 heavy (non-hydrogen) atoms. The van der Waals surface area contributed by atoms with E-state index in [9.17, 15) is 14.4 Å². The van der Waals surface area contributed by atoms with Crippen LogP contribution < -0.4 is 10.7 Å². The molecule has 6 nitrogen and oxygen atoms in total. The van der Waals surface area contributed by atoms with Gasteiger partial charge in [0, 0.05) is 11.8 Å².